The highest BCUT2D eigenvalue weighted by molar-refractivity contribution is 5.98. The number of fused-ring (bicyclic) bond motifs is 1. The first-order chi connectivity index (χ1) is 15.1. The van der Waals surface area contributed by atoms with Crippen molar-refractivity contribution in [3.63, 3.8) is 0 Å². The number of rotatable bonds is 4. The van der Waals surface area contributed by atoms with Crippen LogP contribution in [0.4, 0.5) is 20.6 Å². The van der Waals surface area contributed by atoms with Gasteiger partial charge in [-0.2, -0.15) is 0 Å². The van der Waals surface area contributed by atoms with Gasteiger partial charge in [-0.05, 0) is 55.3 Å². The van der Waals surface area contributed by atoms with Gasteiger partial charge in [0.1, 0.15) is 17.1 Å². The molecule has 8 heteroatoms. The first-order valence-electron chi connectivity index (χ1n) is 10.5. The van der Waals surface area contributed by atoms with E-state index in [1.54, 1.807) is 0 Å². The Hall–Kier alpha value is -3.42. The third-order valence-corrected chi connectivity index (χ3v) is 6.85. The van der Waals surface area contributed by atoms with E-state index in [4.69, 9.17) is 0 Å². The molecule has 1 saturated heterocycles. The maximum absolute atomic E-state index is 13.5. The molecule has 4 rings (SSSR count). The highest BCUT2D eigenvalue weighted by Gasteiger charge is 2.66. The molecule has 1 heterocycles. The van der Waals surface area contributed by atoms with Crippen LogP contribution in [0.1, 0.15) is 31.4 Å². The number of carbonyl (C=O) groups excluding carboxylic acids is 2. The molecule has 0 aromatic heterocycles. The maximum atomic E-state index is 13.5. The summed E-state index contributed by atoms with van der Waals surface area (Å²) in [5.41, 5.74) is 0.435. The smallest absolute Gasteiger partial charge is 0.329 e. The van der Waals surface area contributed by atoms with Gasteiger partial charge in [0, 0.05) is 43.7 Å². The number of ketones is 1. The van der Waals surface area contributed by atoms with Crippen LogP contribution in [0.15, 0.2) is 48.5 Å². The molecule has 168 valence electrons. The van der Waals surface area contributed by atoms with Crippen LogP contribution in [0.5, 0.6) is 0 Å². The molecule has 1 saturated carbocycles. The highest BCUT2D eigenvalue weighted by Crippen LogP contribution is 2.56. The van der Waals surface area contributed by atoms with Crippen molar-refractivity contribution in [2.75, 3.05) is 24.3 Å². The number of amides is 2. The molecular weight excluding hydrogens is 413 g/mol. The Balaban J connectivity index is 1.79. The molecule has 2 aromatic rings. The number of halogens is 1. The number of likely N-dealkylation sites (tertiary alicyclic amines) is 1. The van der Waals surface area contributed by atoms with Crippen LogP contribution >= 0.6 is 0 Å². The fourth-order valence-electron chi connectivity index (χ4n) is 5.17. The van der Waals surface area contributed by atoms with E-state index in [0.29, 0.717) is 24.1 Å². The first kappa shape index (κ1) is 21.8. The van der Waals surface area contributed by atoms with E-state index in [0.717, 1.165) is 5.69 Å². The number of carboxylic acid groups (broad SMARTS) is 1. The highest BCUT2D eigenvalue weighted by atomic mass is 19.1. The Morgan fingerprint density at radius 2 is 1.75 bits per heavy atom. The predicted molar refractivity (Wildman–Crippen MR) is 118 cm³/mol. The summed E-state index contributed by atoms with van der Waals surface area (Å²) >= 11 is 0. The lowest BCUT2D eigenvalue weighted by molar-refractivity contribution is -0.149. The zero-order valence-corrected chi connectivity index (χ0v) is 18.2. The summed E-state index contributed by atoms with van der Waals surface area (Å²) in [6.07, 6.45) is 0.719. The Bertz CT molecular complexity index is 1050. The summed E-state index contributed by atoms with van der Waals surface area (Å²) in [4.78, 5) is 42.1. The molecule has 7 nitrogen and oxygen atoms in total. The summed E-state index contributed by atoms with van der Waals surface area (Å²) in [6, 6.07) is 11.4. The Morgan fingerprint density at radius 1 is 1.12 bits per heavy atom. The van der Waals surface area contributed by atoms with Crippen LogP contribution in [-0.4, -0.2) is 47.4 Å². The predicted octanol–water partition coefficient (Wildman–Crippen LogP) is 3.92. The lowest BCUT2D eigenvalue weighted by Crippen LogP contribution is -2.56. The number of aliphatic carboxylic acids is 1. The Kier molecular flexibility index (Phi) is 5.40. The minimum atomic E-state index is -1.56. The van der Waals surface area contributed by atoms with Crippen molar-refractivity contribution >= 4 is 29.2 Å². The van der Waals surface area contributed by atoms with Gasteiger partial charge in [-0.3, -0.25) is 4.79 Å². The van der Waals surface area contributed by atoms with Crippen molar-refractivity contribution in [1.82, 2.24) is 4.90 Å². The minimum absolute atomic E-state index is 0.0266. The molecule has 4 atom stereocenters. The van der Waals surface area contributed by atoms with Gasteiger partial charge in [-0.25, -0.2) is 14.0 Å². The Labute approximate surface area is 185 Å². The summed E-state index contributed by atoms with van der Waals surface area (Å²) in [6.45, 7) is 1.52. The van der Waals surface area contributed by atoms with Gasteiger partial charge in [-0.1, -0.05) is 12.1 Å². The first-order valence-corrected chi connectivity index (χ1v) is 10.5. The molecular formula is C24H26FN3O4. The third-order valence-electron chi connectivity index (χ3n) is 6.85. The maximum Gasteiger partial charge on any atom is 0.329 e. The van der Waals surface area contributed by atoms with Gasteiger partial charge < -0.3 is 20.2 Å². The van der Waals surface area contributed by atoms with Crippen LogP contribution in [0.3, 0.4) is 0 Å². The number of benzene rings is 2. The number of Topliss-reactive ketones (excluding diaryl/α,β-unsaturated/α-hetero) is 1. The molecule has 0 radical (unpaired) electrons. The van der Waals surface area contributed by atoms with E-state index in [9.17, 15) is 23.9 Å². The van der Waals surface area contributed by atoms with Crippen LogP contribution in [0.25, 0.3) is 0 Å². The summed E-state index contributed by atoms with van der Waals surface area (Å²) in [5, 5.41) is 12.9. The number of hydrogen-bond donors (Lipinski definition) is 2. The summed E-state index contributed by atoms with van der Waals surface area (Å²) in [5.74, 6) is -2.71. The van der Waals surface area contributed by atoms with Crippen LogP contribution in [-0.2, 0) is 9.59 Å². The molecule has 4 unspecified atom stereocenters. The van der Waals surface area contributed by atoms with Gasteiger partial charge in [0.25, 0.3) is 0 Å². The number of nitrogens with one attached hydrogen (secondary N) is 1. The topological polar surface area (TPSA) is 90.0 Å². The van der Waals surface area contributed by atoms with Crippen molar-refractivity contribution in [2.24, 2.45) is 11.8 Å². The molecule has 2 fully saturated rings. The van der Waals surface area contributed by atoms with Crippen molar-refractivity contribution in [3.8, 4) is 0 Å². The molecule has 0 bridgehead atoms. The van der Waals surface area contributed by atoms with Crippen molar-refractivity contribution in [1.29, 1.82) is 0 Å². The monoisotopic (exact) mass is 439 g/mol. The van der Waals surface area contributed by atoms with Crippen LogP contribution in [0, 0.1) is 17.7 Å². The zero-order valence-electron chi connectivity index (χ0n) is 18.2. The van der Waals surface area contributed by atoms with E-state index >= 15 is 0 Å². The second-order valence-corrected chi connectivity index (χ2v) is 8.83. The summed E-state index contributed by atoms with van der Waals surface area (Å²) < 4.78 is 13.3. The average molecular weight is 439 g/mol. The van der Waals surface area contributed by atoms with E-state index in [-0.39, 0.29) is 5.78 Å². The number of urea groups is 1. The summed E-state index contributed by atoms with van der Waals surface area (Å²) in [7, 11) is 3.82. The number of hydrogen-bond acceptors (Lipinski definition) is 4. The van der Waals surface area contributed by atoms with E-state index < -0.39 is 41.2 Å². The number of anilines is 2. The van der Waals surface area contributed by atoms with Gasteiger partial charge >= 0.3 is 12.0 Å². The lowest BCUT2D eigenvalue weighted by Gasteiger charge is -2.38. The number of nitrogens with zero attached hydrogens (tertiary/aromatic N) is 2. The molecule has 2 aliphatic rings. The van der Waals surface area contributed by atoms with Crippen molar-refractivity contribution < 1.29 is 23.9 Å². The molecule has 2 amide bonds. The lowest BCUT2D eigenvalue weighted by atomic mass is 9.81. The van der Waals surface area contributed by atoms with Gasteiger partial charge in [0.2, 0.25) is 0 Å². The average Bonchev–Trinajstić information content (AvgIpc) is 3.26. The molecule has 0 spiro atoms. The van der Waals surface area contributed by atoms with Gasteiger partial charge in [-0.15, -0.1) is 0 Å². The quantitative estimate of drug-likeness (QED) is 0.754. The Morgan fingerprint density at radius 3 is 2.31 bits per heavy atom. The minimum Gasteiger partial charge on any atom is -0.479 e. The van der Waals surface area contributed by atoms with Crippen LogP contribution < -0.4 is 10.2 Å². The van der Waals surface area contributed by atoms with E-state index in [1.807, 2.05) is 43.3 Å². The standard InChI is InChI=1S/C24H26FN3O4/c1-24(22(30)31)18-12-13-19(29)20(18)21(14-4-10-17(11-5-14)27(2)3)28(24)23(32)26-16-8-6-15(25)7-9-16/h4-11,18,20-21H,12-13H2,1-3H3,(H,26,32)(H,30,31). The number of carboxylic acids is 1. The second-order valence-electron chi connectivity index (χ2n) is 8.83. The van der Waals surface area contributed by atoms with E-state index in [1.165, 1.54) is 36.1 Å². The molecule has 1 aliphatic heterocycles. The SMILES string of the molecule is CN(C)c1ccc(C2C3C(=O)CCC3C(C)(C(=O)O)N2C(=O)Nc2ccc(F)cc2)cc1. The molecule has 2 aromatic carbocycles. The molecule has 1 aliphatic carbocycles. The second kappa shape index (κ2) is 7.93. The molecule has 32 heavy (non-hydrogen) atoms. The molecule has 2 N–H and O–H groups in total. The fourth-order valence-corrected chi connectivity index (χ4v) is 5.17. The third kappa shape index (κ3) is 3.39. The largest absolute Gasteiger partial charge is 0.479 e. The fraction of sp³-hybridized carbons (Fsp3) is 0.375. The van der Waals surface area contributed by atoms with Crippen LogP contribution in [0.2, 0.25) is 0 Å². The van der Waals surface area contributed by atoms with Crippen molar-refractivity contribution in [2.45, 2.75) is 31.3 Å². The van der Waals surface area contributed by atoms with Gasteiger partial charge in [0.05, 0.1) is 6.04 Å². The normalized spacial score (nSPS) is 26.7. The van der Waals surface area contributed by atoms with Gasteiger partial charge in [0.15, 0.2) is 0 Å². The van der Waals surface area contributed by atoms with Crippen molar-refractivity contribution in [3.05, 3.63) is 59.9 Å². The number of carbonyl (C=O) groups is 3. The van der Waals surface area contributed by atoms with E-state index in [2.05, 4.69) is 5.32 Å². The zero-order chi connectivity index (χ0) is 23.2.